The quantitative estimate of drug-likeness (QED) is 0.712. The topological polar surface area (TPSA) is 44.4 Å². The van der Waals surface area contributed by atoms with Gasteiger partial charge in [0.1, 0.15) is 0 Å². The standard InChI is InChI=1S/C12H23N3O/c1-2-12(5-3-4-6-14-12)11(16)15-9-7-13-8-10-15/h13-14H,2-10H2,1H3/t12-/m0/s1. The normalized spacial score (nSPS) is 31.4. The van der Waals surface area contributed by atoms with E-state index in [0.29, 0.717) is 5.91 Å². The predicted octanol–water partition coefficient (Wildman–Crippen LogP) is 0.341. The van der Waals surface area contributed by atoms with Crippen molar-refractivity contribution in [2.75, 3.05) is 32.7 Å². The molecule has 0 aromatic rings. The van der Waals surface area contributed by atoms with E-state index in [2.05, 4.69) is 17.6 Å². The third-order valence-electron chi connectivity index (χ3n) is 3.91. The van der Waals surface area contributed by atoms with Crippen LogP contribution in [0.1, 0.15) is 32.6 Å². The molecule has 0 radical (unpaired) electrons. The number of carbonyl (C=O) groups excluding carboxylic acids is 1. The van der Waals surface area contributed by atoms with Crippen LogP contribution in [0.3, 0.4) is 0 Å². The summed E-state index contributed by atoms with van der Waals surface area (Å²) in [5, 5.41) is 6.76. The van der Waals surface area contributed by atoms with Crippen molar-refractivity contribution in [3.63, 3.8) is 0 Å². The molecule has 0 bridgehead atoms. The summed E-state index contributed by atoms with van der Waals surface area (Å²) in [4.78, 5) is 14.6. The Morgan fingerprint density at radius 3 is 2.56 bits per heavy atom. The summed E-state index contributed by atoms with van der Waals surface area (Å²) >= 11 is 0. The smallest absolute Gasteiger partial charge is 0.242 e. The van der Waals surface area contributed by atoms with E-state index in [4.69, 9.17) is 0 Å². The molecule has 2 fully saturated rings. The molecule has 92 valence electrons. The first-order valence-electron chi connectivity index (χ1n) is 6.54. The van der Waals surface area contributed by atoms with E-state index in [9.17, 15) is 4.79 Å². The van der Waals surface area contributed by atoms with Gasteiger partial charge in [0.2, 0.25) is 5.91 Å². The van der Waals surface area contributed by atoms with E-state index in [0.717, 1.165) is 45.6 Å². The van der Waals surface area contributed by atoms with Crippen LogP contribution in [0.25, 0.3) is 0 Å². The van der Waals surface area contributed by atoms with Crippen LogP contribution >= 0.6 is 0 Å². The third-order valence-corrected chi connectivity index (χ3v) is 3.91. The van der Waals surface area contributed by atoms with Crippen molar-refractivity contribution in [1.82, 2.24) is 15.5 Å². The van der Waals surface area contributed by atoms with Gasteiger partial charge in [0.25, 0.3) is 0 Å². The van der Waals surface area contributed by atoms with Gasteiger partial charge in [-0.2, -0.15) is 0 Å². The summed E-state index contributed by atoms with van der Waals surface area (Å²) < 4.78 is 0. The highest BCUT2D eigenvalue weighted by Crippen LogP contribution is 2.25. The molecule has 2 aliphatic heterocycles. The van der Waals surface area contributed by atoms with Crippen molar-refractivity contribution in [2.45, 2.75) is 38.1 Å². The monoisotopic (exact) mass is 225 g/mol. The summed E-state index contributed by atoms with van der Waals surface area (Å²) in [5.41, 5.74) is -0.254. The van der Waals surface area contributed by atoms with Crippen LogP contribution in [0.5, 0.6) is 0 Å². The molecular formula is C12H23N3O. The zero-order valence-electron chi connectivity index (χ0n) is 10.2. The Bertz CT molecular complexity index is 243. The molecule has 2 N–H and O–H groups in total. The predicted molar refractivity (Wildman–Crippen MR) is 64.3 cm³/mol. The molecule has 0 saturated carbocycles. The Labute approximate surface area is 97.8 Å². The lowest BCUT2D eigenvalue weighted by Gasteiger charge is -2.41. The maximum atomic E-state index is 12.5. The average Bonchev–Trinajstić information content (AvgIpc) is 2.39. The second kappa shape index (κ2) is 5.15. The minimum Gasteiger partial charge on any atom is -0.339 e. The van der Waals surface area contributed by atoms with Gasteiger partial charge in [-0.05, 0) is 32.2 Å². The van der Waals surface area contributed by atoms with E-state index in [1.54, 1.807) is 0 Å². The highest BCUT2D eigenvalue weighted by Gasteiger charge is 2.40. The zero-order valence-corrected chi connectivity index (χ0v) is 10.2. The lowest BCUT2D eigenvalue weighted by atomic mass is 9.85. The summed E-state index contributed by atoms with van der Waals surface area (Å²) in [6, 6.07) is 0. The van der Waals surface area contributed by atoms with Crippen molar-refractivity contribution in [2.24, 2.45) is 0 Å². The van der Waals surface area contributed by atoms with E-state index in [1.807, 2.05) is 4.90 Å². The Balaban J connectivity index is 2.04. The van der Waals surface area contributed by atoms with Gasteiger partial charge in [-0.25, -0.2) is 0 Å². The Hall–Kier alpha value is -0.610. The van der Waals surface area contributed by atoms with Crippen LogP contribution in [0.15, 0.2) is 0 Å². The zero-order chi connectivity index (χ0) is 11.4. The number of nitrogens with one attached hydrogen (secondary N) is 2. The number of nitrogens with zero attached hydrogens (tertiary/aromatic N) is 1. The van der Waals surface area contributed by atoms with Gasteiger partial charge in [0, 0.05) is 26.2 Å². The molecule has 0 aromatic heterocycles. The van der Waals surface area contributed by atoms with Crippen LogP contribution in [0.4, 0.5) is 0 Å². The molecule has 4 heteroatoms. The maximum absolute atomic E-state index is 12.5. The lowest BCUT2D eigenvalue weighted by molar-refractivity contribution is -0.140. The Morgan fingerprint density at radius 1 is 1.25 bits per heavy atom. The number of piperidine rings is 1. The van der Waals surface area contributed by atoms with Crippen molar-refractivity contribution in [3.05, 3.63) is 0 Å². The molecule has 0 spiro atoms. The van der Waals surface area contributed by atoms with Crippen molar-refractivity contribution in [1.29, 1.82) is 0 Å². The van der Waals surface area contributed by atoms with E-state index in [1.165, 1.54) is 12.8 Å². The SMILES string of the molecule is CC[C@@]1(C(=O)N2CCNCC2)CCCCN1. The molecule has 2 rings (SSSR count). The number of rotatable bonds is 2. The fourth-order valence-corrected chi connectivity index (χ4v) is 2.77. The van der Waals surface area contributed by atoms with E-state index in [-0.39, 0.29) is 5.54 Å². The van der Waals surface area contributed by atoms with Gasteiger partial charge < -0.3 is 15.5 Å². The average molecular weight is 225 g/mol. The molecule has 0 aliphatic carbocycles. The molecule has 0 unspecified atom stereocenters. The number of carbonyl (C=O) groups is 1. The molecular weight excluding hydrogens is 202 g/mol. The Morgan fingerprint density at radius 2 is 2.00 bits per heavy atom. The lowest BCUT2D eigenvalue weighted by Crippen LogP contribution is -2.62. The second-order valence-corrected chi connectivity index (χ2v) is 4.86. The largest absolute Gasteiger partial charge is 0.339 e. The van der Waals surface area contributed by atoms with Gasteiger partial charge in [0.15, 0.2) is 0 Å². The fourth-order valence-electron chi connectivity index (χ4n) is 2.77. The van der Waals surface area contributed by atoms with Crippen LogP contribution in [-0.2, 0) is 4.79 Å². The fraction of sp³-hybridized carbons (Fsp3) is 0.917. The molecule has 2 aliphatic rings. The van der Waals surface area contributed by atoms with Gasteiger partial charge in [-0.1, -0.05) is 6.92 Å². The molecule has 4 nitrogen and oxygen atoms in total. The number of hydrogen-bond acceptors (Lipinski definition) is 3. The van der Waals surface area contributed by atoms with Gasteiger partial charge in [-0.3, -0.25) is 4.79 Å². The van der Waals surface area contributed by atoms with Crippen molar-refractivity contribution < 1.29 is 4.79 Å². The van der Waals surface area contributed by atoms with E-state index < -0.39 is 0 Å². The molecule has 1 amide bonds. The summed E-state index contributed by atoms with van der Waals surface area (Å²) in [7, 11) is 0. The first-order valence-corrected chi connectivity index (χ1v) is 6.54. The molecule has 2 saturated heterocycles. The third kappa shape index (κ3) is 2.23. The number of amides is 1. The Kier molecular flexibility index (Phi) is 3.82. The van der Waals surface area contributed by atoms with Crippen molar-refractivity contribution in [3.8, 4) is 0 Å². The highest BCUT2D eigenvalue weighted by molar-refractivity contribution is 5.86. The van der Waals surface area contributed by atoms with Gasteiger partial charge >= 0.3 is 0 Å². The number of piperazine rings is 1. The minimum absolute atomic E-state index is 0.254. The van der Waals surface area contributed by atoms with Crippen LogP contribution < -0.4 is 10.6 Å². The van der Waals surface area contributed by atoms with Gasteiger partial charge in [-0.15, -0.1) is 0 Å². The molecule has 2 heterocycles. The van der Waals surface area contributed by atoms with Crippen LogP contribution in [-0.4, -0.2) is 49.1 Å². The molecule has 1 atom stereocenters. The first kappa shape index (κ1) is 11.9. The van der Waals surface area contributed by atoms with Crippen LogP contribution in [0, 0.1) is 0 Å². The van der Waals surface area contributed by atoms with Crippen molar-refractivity contribution >= 4 is 5.91 Å². The number of hydrogen-bond donors (Lipinski definition) is 2. The summed E-state index contributed by atoms with van der Waals surface area (Å²) in [6.45, 7) is 6.71. The highest BCUT2D eigenvalue weighted by atomic mass is 16.2. The van der Waals surface area contributed by atoms with Gasteiger partial charge in [0.05, 0.1) is 5.54 Å². The summed E-state index contributed by atoms with van der Waals surface area (Å²) in [6.07, 6.45) is 4.30. The molecule has 16 heavy (non-hydrogen) atoms. The second-order valence-electron chi connectivity index (χ2n) is 4.86. The van der Waals surface area contributed by atoms with Crippen LogP contribution in [0.2, 0.25) is 0 Å². The maximum Gasteiger partial charge on any atom is 0.242 e. The van der Waals surface area contributed by atoms with E-state index >= 15 is 0 Å². The first-order chi connectivity index (χ1) is 7.78. The molecule has 0 aromatic carbocycles. The minimum atomic E-state index is -0.254. The summed E-state index contributed by atoms with van der Waals surface area (Å²) in [5.74, 6) is 0.330.